The number of halogens is 2. The van der Waals surface area contributed by atoms with E-state index in [9.17, 15) is 4.39 Å². The SMILES string of the molecule is Fc1ncc(Cl)c(N2CCN(Cc3ccccc3)CC2)n1. The van der Waals surface area contributed by atoms with Crippen LogP contribution in [-0.4, -0.2) is 41.0 Å². The van der Waals surface area contributed by atoms with E-state index in [1.54, 1.807) is 0 Å². The molecule has 0 aliphatic carbocycles. The molecule has 3 rings (SSSR count). The molecule has 21 heavy (non-hydrogen) atoms. The molecule has 0 spiro atoms. The first-order valence-corrected chi connectivity index (χ1v) is 7.29. The van der Waals surface area contributed by atoms with E-state index in [1.165, 1.54) is 11.8 Å². The molecule has 1 saturated heterocycles. The summed E-state index contributed by atoms with van der Waals surface area (Å²) in [5.74, 6) is 0.489. The Balaban J connectivity index is 1.61. The Labute approximate surface area is 128 Å². The van der Waals surface area contributed by atoms with Crippen molar-refractivity contribution < 1.29 is 4.39 Å². The molecule has 1 aromatic heterocycles. The maximum Gasteiger partial charge on any atom is 0.310 e. The lowest BCUT2D eigenvalue weighted by Gasteiger charge is -2.35. The van der Waals surface area contributed by atoms with Crippen LogP contribution in [0.2, 0.25) is 5.02 Å². The van der Waals surface area contributed by atoms with E-state index in [0.717, 1.165) is 32.7 Å². The smallest absolute Gasteiger partial charge is 0.310 e. The van der Waals surface area contributed by atoms with Gasteiger partial charge in [0.05, 0.1) is 6.20 Å². The van der Waals surface area contributed by atoms with Gasteiger partial charge in [-0.3, -0.25) is 4.90 Å². The standard InChI is InChI=1S/C15H16ClFN4/c16-13-10-18-15(17)19-14(13)21-8-6-20(7-9-21)11-12-4-2-1-3-5-12/h1-5,10H,6-9,11H2. The van der Waals surface area contributed by atoms with Crippen LogP contribution in [0.15, 0.2) is 36.5 Å². The first kappa shape index (κ1) is 14.2. The second kappa shape index (κ2) is 6.37. The van der Waals surface area contributed by atoms with Gasteiger partial charge in [-0.15, -0.1) is 0 Å². The molecule has 0 radical (unpaired) electrons. The van der Waals surface area contributed by atoms with Crippen LogP contribution in [0.5, 0.6) is 0 Å². The summed E-state index contributed by atoms with van der Waals surface area (Å²) in [5.41, 5.74) is 1.30. The monoisotopic (exact) mass is 306 g/mol. The summed E-state index contributed by atoms with van der Waals surface area (Å²) < 4.78 is 13.1. The Hall–Kier alpha value is -1.72. The number of nitrogens with zero attached hydrogens (tertiary/aromatic N) is 4. The number of rotatable bonds is 3. The van der Waals surface area contributed by atoms with Crippen molar-refractivity contribution in [3.63, 3.8) is 0 Å². The molecule has 1 aliphatic heterocycles. The number of hydrogen-bond donors (Lipinski definition) is 0. The second-order valence-electron chi connectivity index (χ2n) is 5.06. The number of hydrogen-bond acceptors (Lipinski definition) is 4. The van der Waals surface area contributed by atoms with Crippen molar-refractivity contribution in [2.45, 2.75) is 6.54 Å². The lowest BCUT2D eigenvalue weighted by atomic mass is 10.2. The van der Waals surface area contributed by atoms with Crippen molar-refractivity contribution in [2.24, 2.45) is 0 Å². The predicted molar refractivity (Wildman–Crippen MR) is 80.9 cm³/mol. The minimum Gasteiger partial charge on any atom is -0.353 e. The molecule has 2 aromatic rings. The molecular formula is C15H16ClFN4. The summed E-state index contributed by atoms with van der Waals surface area (Å²) >= 11 is 6.05. The molecule has 0 saturated carbocycles. The average Bonchev–Trinajstić information content (AvgIpc) is 2.52. The van der Waals surface area contributed by atoms with Gasteiger partial charge >= 0.3 is 6.08 Å². The summed E-state index contributed by atoms with van der Waals surface area (Å²) in [5, 5.41) is 0.396. The number of piperazine rings is 1. The van der Waals surface area contributed by atoms with Gasteiger partial charge in [0, 0.05) is 32.7 Å². The quantitative estimate of drug-likeness (QED) is 0.816. The summed E-state index contributed by atoms with van der Waals surface area (Å²) in [6.07, 6.45) is 0.580. The van der Waals surface area contributed by atoms with E-state index < -0.39 is 6.08 Å². The van der Waals surface area contributed by atoms with Gasteiger partial charge in [-0.25, -0.2) is 4.98 Å². The zero-order valence-electron chi connectivity index (χ0n) is 11.5. The molecule has 0 bridgehead atoms. The van der Waals surface area contributed by atoms with Crippen LogP contribution in [0.4, 0.5) is 10.2 Å². The topological polar surface area (TPSA) is 32.3 Å². The lowest BCUT2D eigenvalue weighted by molar-refractivity contribution is 0.249. The van der Waals surface area contributed by atoms with Crippen LogP contribution in [0, 0.1) is 6.08 Å². The Bertz CT molecular complexity index is 600. The van der Waals surface area contributed by atoms with Crippen molar-refractivity contribution in [1.29, 1.82) is 0 Å². The van der Waals surface area contributed by atoms with Gasteiger partial charge in [0.2, 0.25) is 0 Å². The third-order valence-corrected chi connectivity index (χ3v) is 3.88. The third-order valence-electron chi connectivity index (χ3n) is 3.62. The van der Waals surface area contributed by atoms with Crippen LogP contribution >= 0.6 is 11.6 Å². The van der Waals surface area contributed by atoms with Crippen molar-refractivity contribution >= 4 is 17.4 Å². The first-order chi connectivity index (χ1) is 10.2. The Kier molecular flexibility index (Phi) is 4.31. The number of anilines is 1. The Morgan fingerprint density at radius 1 is 1.10 bits per heavy atom. The largest absolute Gasteiger partial charge is 0.353 e. The number of aromatic nitrogens is 2. The average molecular weight is 307 g/mol. The van der Waals surface area contributed by atoms with Gasteiger partial charge in [0.25, 0.3) is 0 Å². The summed E-state index contributed by atoms with van der Waals surface area (Å²) in [4.78, 5) is 11.6. The van der Waals surface area contributed by atoms with Crippen LogP contribution in [0.3, 0.4) is 0 Å². The van der Waals surface area contributed by atoms with Gasteiger partial charge < -0.3 is 4.90 Å². The van der Waals surface area contributed by atoms with E-state index in [-0.39, 0.29) is 0 Å². The van der Waals surface area contributed by atoms with Crippen molar-refractivity contribution in [3.8, 4) is 0 Å². The van der Waals surface area contributed by atoms with Crippen LogP contribution in [-0.2, 0) is 6.54 Å². The maximum atomic E-state index is 13.1. The molecule has 0 unspecified atom stereocenters. The van der Waals surface area contributed by atoms with Crippen LogP contribution in [0.1, 0.15) is 5.56 Å². The molecule has 1 fully saturated rings. The molecule has 110 valence electrons. The van der Waals surface area contributed by atoms with Crippen molar-refractivity contribution in [3.05, 3.63) is 53.2 Å². The highest BCUT2D eigenvalue weighted by molar-refractivity contribution is 6.32. The molecule has 4 nitrogen and oxygen atoms in total. The minimum atomic E-state index is -0.735. The Morgan fingerprint density at radius 3 is 2.52 bits per heavy atom. The highest BCUT2D eigenvalue weighted by Crippen LogP contribution is 2.23. The van der Waals surface area contributed by atoms with Crippen molar-refractivity contribution in [1.82, 2.24) is 14.9 Å². The molecular weight excluding hydrogens is 291 g/mol. The fraction of sp³-hybridized carbons (Fsp3) is 0.333. The van der Waals surface area contributed by atoms with Crippen LogP contribution < -0.4 is 4.90 Å². The van der Waals surface area contributed by atoms with Gasteiger partial charge in [-0.2, -0.15) is 9.37 Å². The van der Waals surface area contributed by atoms with E-state index in [2.05, 4.69) is 39.1 Å². The van der Waals surface area contributed by atoms with E-state index in [0.29, 0.717) is 10.8 Å². The van der Waals surface area contributed by atoms with E-state index in [1.807, 2.05) is 11.0 Å². The minimum absolute atomic E-state index is 0.396. The maximum absolute atomic E-state index is 13.1. The van der Waals surface area contributed by atoms with E-state index >= 15 is 0 Å². The van der Waals surface area contributed by atoms with Crippen LogP contribution in [0.25, 0.3) is 0 Å². The fourth-order valence-electron chi connectivity index (χ4n) is 2.52. The molecule has 0 amide bonds. The van der Waals surface area contributed by atoms with E-state index in [4.69, 9.17) is 11.6 Å². The van der Waals surface area contributed by atoms with Gasteiger partial charge in [0.15, 0.2) is 5.82 Å². The highest BCUT2D eigenvalue weighted by Gasteiger charge is 2.20. The number of benzene rings is 1. The predicted octanol–water partition coefficient (Wildman–Crippen LogP) is 2.59. The van der Waals surface area contributed by atoms with Gasteiger partial charge in [-0.05, 0) is 5.56 Å². The van der Waals surface area contributed by atoms with Gasteiger partial charge in [-0.1, -0.05) is 41.9 Å². The van der Waals surface area contributed by atoms with Crippen molar-refractivity contribution in [2.75, 3.05) is 31.1 Å². The highest BCUT2D eigenvalue weighted by atomic mass is 35.5. The molecule has 1 aliphatic rings. The zero-order valence-corrected chi connectivity index (χ0v) is 12.3. The fourth-order valence-corrected chi connectivity index (χ4v) is 2.73. The molecule has 0 atom stereocenters. The summed E-state index contributed by atoms with van der Waals surface area (Å²) in [6, 6.07) is 10.4. The third kappa shape index (κ3) is 3.49. The molecule has 2 heterocycles. The summed E-state index contributed by atoms with van der Waals surface area (Å²) in [7, 11) is 0. The normalized spacial score (nSPS) is 16.2. The first-order valence-electron chi connectivity index (χ1n) is 6.91. The molecule has 6 heteroatoms. The summed E-state index contributed by atoms with van der Waals surface area (Å²) in [6.45, 7) is 4.29. The Morgan fingerprint density at radius 2 is 1.81 bits per heavy atom. The second-order valence-corrected chi connectivity index (χ2v) is 5.47. The lowest BCUT2D eigenvalue weighted by Crippen LogP contribution is -2.46. The molecule has 1 aromatic carbocycles. The molecule has 0 N–H and O–H groups in total. The zero-order chi connectivity index (χ0) is 14.7. The van der Waals surface area contributed by atoms with Gasteiger partial charge in [0.1, 0.15) is 5.02 Å².